The first kappa shape index (κ1) is 29.8. The second kappa shape index (κ2) is 12.0. The van der Waals surface area contributed by atoms with E-state index in [9.17, 15) is 40.3 Å². The molecule has 0 aliphatic carbocycles. The third-order valence-electron chi connectivity index (χ3n) is 5.42. The Kier molecular flexibility index (Phi) is 8.92. The predicted molar refractivity (Wildman–Crippen MR) is 131 cm³/mol. The van der Waals surface area contributed by atoms with E-state index in [4.69, 9.17) is 12.2 Å². The van der Waals surface area contributed by atoms with Crippen LogP contribution < -0.4 is 16.9 Å². The molecule has 0 amide bonds. The maximum Gasteiger partial charge on any atom is 0.423 e. The van der Waals surface area contributed by atoms with Gasteiger partial charge in [-0.25, -0.2) is 19.5 Å². The number of fused-ring (bicyclic) bond motifs is 1. The molecule has 0 atom stereocenters. The highest BCUT2D eigenvalue weighted by molar-refractivity contribution is 5.85. The topological polar surface area (TPSA) is 120 Å². The Labute approximate surface area is 220 Å². The molecule has 0 radical (unpaired) electrons. The molecule has 3 aromatic heterocycles. The van der Waals surface area contributed by atoms with Gasteiger partial charge < -0.3 is 10.3 Å². The van der Waals surface area contributed by atoms with Crippen molar-refractivity contribution in [2.75, 3.05) is 5.73 Å². The summed E-state index contributed by atoms with van der Waals surface area (Å²) in [6.07, 6.45) is 1.52. The number of unbranched alkanes of at least 4 members (excludes halogenated alkanes) is 2. The molecule has 0 spiro atoms. The van der Waals surface area contributed by atoms with Crippen molar-refractivity contribution in [1.82, 2.24) is 24.7 Å². The van der Waals surface area contributed by atoms with E-state index in [0.29, 0.717) is 30.7 Å². The number of hydrogen-bond donors (Lipinski definition) is 2. The first-order valence-corrected chi connectivity index (χ1v) is 11.3. The van der Waals surface area contributed by atoms with Gasteiger partial charge in [-0.2, -0.15) is 31.4 Å². The number of alkyl halides is 6. The number of aromatic amines is 1. The zero-order valence-electron chi connectivity index (χ0n) is 20.3. The molecule has 210 valence electrons. The minimum absolute atomic E-state index is 0.0765. The molecule has 0 saturated heterocycles. The normalized spacial score (nSPS) is 11.6. The molecule has 8 nitrogen and oxygen atoms in total. The fourth-order valence-corrected chi connectivity index (χ4v) is 3.48. The minimum atomic E-state index is -4.74. The van der Waals surface area contributed by atoms with E-state index in [1.165, 1.54) is 10.6 Å². The number of anilines is 1. The third-order valence-corrected chi connectivity index (χ3v) is 5.42. The average molecular weight is 568 g/mol. The Hall–Kier alpha value is -4.74. The van der Waals surface area contributed by atoms with Gasteiger partial charge in [0.05, 0.1) is 28.4 Å². The van der Waals surface area contributed by atoms with Crippen LogP contribution in [0.2, 0.25) is 0 Å². The summed E-state index contributed by atoms with van der Waals surface area (Å²) in [5.74, 6) is 1.56. The van der Waals surface area contributed by atoms with Gasteiger partial charge in [-0.1, -0.05) is 0 Å². The van der Waals surface area contributed by atoms with Gasteiger partial charge in [0, 0.05) is 31.6 Å². The van der Waals surface area contributed by atoms with Crippen LogP contribution in [0.5, 0.6) is 0 Å². The monoisotopic (exact) mass is 568 g/mol. The predicted octanol–water partition coefficient (Wildman–Crippen LogP) is 4.79. The van der Waals surface area contributed by atoms with Crippen LogP contribution in [0.3, 0.4) is 0 Å². The number of nitrogen functional groups attached to an aromatic ring is 1. The summed E-state index contributed by atoms with van der Waals surface area (Å²) in [7, 11) is 0. The molecule has 15 heteroatoms. The van der Waals surface area contributed by atoms with Crippen LogP contribution in [0.15, 0.2) is 52.6 Å². The number of halogens is 7. The van der Waals surface area contributed by atoms with Crippen molar-refractivity contribution in [3.05, 3.63) is 80.6 Å². The van der Waals surface area contributed by atoms with E-state index in [-0.39, 0.29) is 22.3 Å². The Bertz CT molecular complexity index is 1650. The summed E-state index contributed by atoms with van der Waals surface area (Å²) in [4.78, 5) is 30.3. The highest BCUT2D eigenvalue weighted by Crippen LogP contribution is 2.30. The number of nitrogens with one attached hydrogen (secondary N) is 1. The number of aromatic nitrogens is 5. The van der Waals surface area contributed by atoms with Gasteiger partial charge in [0.25, 0.3) is 11.1 Å². The van der Waals surface area contributed by atoms with E-state index in [1.54, 1.807) is 17.4 Å². The van der Waals surface area contributed by atoms with Crippen LogP contribution in [0, 0.1) is 18.2 Å². The van der Waals surface area contributed by atoms with Crippen molar-refractivity contribution in [1.29, 1.82) is 0 Å². The lowest BCUT2D eigenvalue weighted by Crippen LogP contribution is -2.24. The highest BCUT2D eigenvalue weighted by atomic mass is 19.4. The van der Waals surface area contributed by atoms with E-state index < -0.39 is 40.5 Å². The number of nitrogens with zero attached hydrogens (tertiary/aromatic N) is 4. The molecule has 0 bridgehead atoms. The standard InChI is InChI=1S/C20H15F4N3O.C5H4F3N3O/c1-2-3-4-5-7-27-8-6-13-9-16(17(21)10-15(13)19(27)28)18-25-11-14(12-26-18)20(22,23)24;6-5(7,8)3-2(9)1-10-11-4(3)12/h1,6,8-12H,3-5,7H2;1H,(H3,9,11,12). The Morgan fingerprint density at radius 1 is 1.00 bits per heavy atom. The van der Waals surface area contributed by atoms with Gasteiger partial charge in [-0.3, -0.25) is 9.59 Å². The van der Waals surface area contributed by atoms with Gasteiger partial charge in [0.1, 0.15) is 11.4 Å². The third kappa shape index (κ3) is 7.01. The zero-order valence-corrected chi connectivity index (χ0v) is 20.3. The van der Waals surface area contributed by atoms with Gasteiger partial charge >= 0.3 is 12.4 Å². The first-order chi connectivity index (χ1) is 18.7. The maximum atomic E-state index is 14.5. The molecule has 0 fully saturated rings. The largest absolute Gasteiger partial charge is 0.423 e. The highest BCUT2D eigenvalue weighted by Gasteiger charge is 2.36. The van der Waals surface area contributed by atoms with Crippen LogP contribution in [0.25, 0.3) is 22.2 Å². The van der Waals surface area contributed by atoms with Crippen LogP contribution in [0.4, 0.5) is 36.4 Å². The van der Waals surface area contributed by atoms with Crippen LogP contribution in [0.1, 0.15) is 30.4 Å². The number of rotatable bonds is 5. The number of H-pyrrole nitrogens is 1. The van der Waals surface area contributed by atoms with Crippen molar-refractivity contribution in [3.63, 3.8) is 0 Å². The lowest BCUT2D eigenvalue weighted by Gasteiger charge is -2.09. The molecule has 4 aromatic rings. The van der Waals surface area contributed by atoms with E-state index >= 15 is 0 Å². The van der Waals surface area contributed by atoms with Crippen LogP contribution in [-0.4, -0.2) is 24.7 Å². The summed E-state index contributed by atoms with van der Waals surface area (Å²) in [5.41, 5.74) is 0.0447. The first-order valence-electron chi connectivity index (χ1n) is 11.3. The summed E-state index contributed by atoms with van der Waals surface area (Å²) in [6, 6.07) is 4.06. The molecule has 0 aliphatic rings. The van der Waals surface area contributed by atoms with Gasteiger partial charge in [0.2, 0.25) is 0 Å². The van der Waals surface area contributed by atoms with E-state index in [1.807, 2.05) is 0 Å². The Morgan fingerprint density at radius 2 is 1.68 bits per heavy atom. The fourth-order valence-electron chi connectivity index (χ4n) is 3.48. The maximum absolute atomic E-state index is 14.5. The molecule has 4 rings (SSSR count). The number of aryl methyl sites for hydroxylation is 1. The van der Waals surface area contributed by atoms with E-state index in [0.717, 1.165) is 25.1 Å². The lowest BCUT2D eigenvalue weighted by atomic mass is 10.1. The van der Waals surface area contributed by atoms with Crippen molar-refractivity contribution in [3.8, 4) is 23.7 Å². The van der Waals surface area contributed by atoms with Gasteiger partial charge in [-0.15, -0.1) is 12.3 Å². The molecule has 0 saturated carbocycles. The minimum Gasteiger partial charge on any atom is -0.397 e. The molecule has 0 aliphatic heterocycles. The second-order valence-electron chi connectivity index (χ2n) is 8.22. The fraction of sp³-hybridized carbons (Fsp3) is 0.240. The average Bonchev–Trinajstić information content (AvgIpc) is 2.87. The molecule has 0 unspecified atom stereocenters. The summed E-state index contributed by atoms with van der Waals surface area (Å²) >= 11 is 0. The quantitative estimate of drug-likeness (QED) is 0.203. The van der Waals surface area contributed by atoms with Crippen molar-refractivity contribution in [2.45, 2.75) is 38.2 Å². The number of hydrogen-bond acceptors (Lipinski definition) is 6. The smallest absolute Gasteiger partial charge is 0.397 e. The number of pyridine rings is 1. The molecule has 40 heavy (non-hydrogen) atoms. The SMILES string of the molecule is C#CCCCCn1ccc2cc(-c3ncc(C(F)(F)F)cn3)c(F)cc2c1=O.Nc1cn[nH]c(=O)c1C(F)(F)F. The van der Waals surface area contributed by atoms with Crippen molar-refractivity contribution >= 4 is 16.5 Å². The Morgan fingerprint density at radius 3 is 2.23 bits per heavy atom. The van der Waals surface area contributed by atoms with Crippen LogP contribution in [-0.2, 0) is 18.9 Å². The van der Waals surface area contributed by atoms with Gasteiger partial charge in [0.15, 0.2) is 5.82 Å². The number of benzene rings is 1. The Balaban J connectivity index is 0.000000307. The number of terminal acetylenes is 1. The molecular weight excluding hydrogens is 549 g/mol. The summed E-state index contributed by atoms with van der Waals surface area (Å²) < 4.78 is 89.8. The lowest BCUT2D eigenvalue weighted by molar-refractivity contribution is -0.138. The zero-order chi connectivity index (χ0) is 29.7. The van der Waals surface area contributed by atoms with Crippen molar-refractivity contribution in [2.24, 2.45) is 0 Å². The van der Waals surface area contributed by atoms with E-state index in [2.05, 4.69) is 21.0 Å². The summed E-state index contributed by atoms with van der Waals surface area (Å²) in [5, 5.41) is 5.36. The van der Waals surface area contributed by atoms with Crippen molar-refractivity contribution < 1.29 is 30.7 Å². The molecular formula is C25H19F7N6O2. The summed E-state index contributed by atoms with van der Waals surface area (Å²) in [6.45, 7) is 0.460. The number of nitrogens with two attached hydrogens (primary N) is 1. The molecule has 3 heterocycles. The van der Waals surface area contributed by atoms with Gasteiger partial charge in [-0.05, 0) is 36.4 Å². The molecule has 1 aromatic carbocycles. The second-order valence-corrected chi connectivity index (χ2v) is 8.22. The molecule has 3 N–H and O–H groups in total. The van der Waals surface area contributed by atoms with Crippen LogP contribution >= 0.6 is 0 Å².